The maximum atomic E-state index is 13.7. The molecule has 0 bridgehead atoms. The number of esters is 1. The van der Waals surface area contributed by atoms with Crippen LogP contribution in [-0.4, -0.2) is 61.7 Å². The van der Waals surface area contributed by atoms with Crippen LogP contribution in [0.3, 0.4) is 0 Å². The molecule has 0 aromatic heterocycles. The fourth-order valence-corrected chi connectivity index (χ4v) is 5.60. The summed E-state index contributed by atoms with van der Waals surface area (Å²) in [5.74, 6) is 1.05. The van der Waals surface area contributed by atoms with E-state index in [9.17, 15) is 9.59 Å². The van der Waals surface area contributed by atoms with Crippen molar-refractivity contribution in [1.29, 1.82) is 0 Å². The molecule has 1 aliphatic carbocycles. The highest BCUT2D eigenvalue weighted by atomic mass is 28.4. The predicted octanol–water partition coefficient (Wildman–Crippen LogP) is 5.78. The summed E-state index contributed by atoms with van der Waals surface area (Å²) < 4.78 is 33.8. The maximum absolute atomic E-state index is 13.7. The Bertz CT molecular complexity index is 1230. The van der Waals surface area contributed by atoms with Crippen LogP contribution in [0.25, 0.3) is 11.1 Å². The van der Waals surface area contributed by atoms with Crippen LogP contribution in [-0.2, 0) is 14.0 Å². The smallest absolute Gasteiger partial charge is 0.341 e. The summed E-state index contributed by atoms with van der Waals surface area (Å²) >= 11 is 0. The molecule has 38 heavy (non-hydrogen) atoms. The number of Topliss-reactive ketones (excluding diaryl/α,β-unsaturated/α-hetero) is 1. The van der Waals surface area contributed by atoms with Gasteiger partial charge in [-0.2, -0.15) is 0 Å². The van der Waals surface area contributed by atoms with Crippen molar-refractivity contribution in [3.63, 3.8) is 0 Å². The van der Waals surface area contributed by atoms with Crippen molar-refractivity contribution in [3.05, 3.63) is 47.0 Å². The quantitative estimate of drug-likeness (QED) is 0.291. The Morgan fingerprint density at radius 2 is 1.42 bits per heavy atom. The first-order valence-corrected chi connectivity index (χ1v) is 15.3. The van der Waals surface area contributed by atoms with E-state index in [0.717, 1.165) is 0 Å². The lowest BCUT2D eigenvalue weighted by Crippen LogP contribution is -2.43. The van der Waals surface area contributed by atoms with E-state index < -0.39 is 20.4 Å². The minimum Gasteiger partial charge on any atom is -0.496 e. The molecule has 0 radical (unpaired) electrons. The van der Waals surface area contributed by atoms with Gasteiger partial charge in [0.25, 0.3) is 0 Å². The van der Waals surface area contributed by atoms with Crippen LogP contribution >= 0.6 is 0 Å². The number of carbonyl (C=O) groups excluding carboxylic acids is 2. The van der Waals surface area contributed by atoms with Gasteiger partial charge in [-0.3, -0.25) is 4.79 Å². The SMILES string of the molecule is COC(=O)c1cc(C2=C(c3cc(OC)c(OC)c(OC)c3)C(=O)CC2O[Si](C)(C)C(C)(C)C)ccc1OC. The van der Waals surface area contributed by atoms with E-state index in [0.29, 0.717) is 45.3 Å². The summed E-state index contributed by atoms with van der Waals surface area (Å²) in [7, 11) is 5.11. The zero-order valence-corrected chi connectivity index (χ0v) is 24.9. The molecule has 0 aliphatic heterocycles. The number of methoxy groups -OCH3 is 5. The summed E-state index contributed by atoms with van der Waals surface area (Å²) in [5.41, 5.74) is 2.71. The zero-order valence-electron chi connectivity index (χ0n) is 23.9. The lowest BCUT2D eigenvalue weighted by Gasteiger charge is -2.39. The third-order valence-electron chi connectivity index (χ3n) is 7.35. The number of hydrogen-bond donors (Lipinski definition) is 0. The second-order valence-corrected chi connectivity index (χ2v) is 15.4. The summed E-state index contributed by atoms with van der Waals surface area (Å²) in [6, 6.07) is 8.74. The van der Waals surface area contributed by atoms with E-state index in [4.69, 9.17) is 28.1 Å². The van der Waals surface area contributed by atoms with Crippen LogP contribution in [0.5, 0.6) is 23.0 Å². The van der Waals surface area contributed by atoms with E-state index in [1.54, 1.807) is 24.3 Å². The first-order valence-electron chi connectivity index (χ1n) is 12.4. The molecule has 0 heterocycles. The normalized spacial score (nSPS) is 15.9. The van der Waals surface area contributed by atoms with Gasteiger partial charge in [-0.1, -0.05) is 26.8 Å². The molecule has 0 amide bonds. The topological polar surface area (TPSA) is 89.5 Å². The van der Waals surface area contributed by atoms with Gasteiger partial charge >= 0.3 is 5.97 Å². The molecule has 1 atom stereocenters. The average Bonchev–Trinajstić information content (AvgIpc) is 3.20. The Morgan fingerprint density at radius 3 is 1.89 bits per heavy atom. The third kappa shape index (κ3) is 5.44. The summed E-state index contributed by atoms with van der Waals surface area (Å²) in [6.07, 6.45) is -0.329. The van der Waals surface area contributed by atoms with Crippen molar-refractivity contribution >= 4 is 31.2 Å². The Kier molecular flexibility index (Phi) is 8.63. The van der Waals surface area contributed by atoms with Gasteiger partial charge in [0.2, 0.25) is 5.75 Å². The van der Waals surface area contributed by atoms with Crippen LogP contribution in [0.2, 0.25) is 18.1 Å². The Hall–Kier alpha value is -3.30. The second-order valence-electron chi connectivity index (χ2n) is 10.6. The van der Waals surface area contributed by atoms with Gasteiger partial charge in [0.1, 0.15) is 11.3 Å². The molecule has 2 aromatic carbocycles. The van der Waals surface area contributed by atoms with Crippen molar-refractivity contribution in [2.45, 2.75) is 51.4 Å². The Morgan fingerprint density at radius 1 is 0.842 bits per heavy atom. The molecule has 0 spiro atoms. The lowest BCUT2D eigenvalue weighted by atomic mass is 9.94. The number of hydrogen-bond acceptors (Lipinski definition) is 8. The van der Waals surface area contributed by atoms with Gasteiger partial charge in [-0.05, 0) is 59.1 Å². The van der Waals surface area contributed by atoms with Crippen LogP contribution < -0.4 is 18.9 Å². The maximum Gasteiger partial charge on any atom is 0.341 e. The van der Waals surface area contributed by atoms with Crippen molar-refractivity contribution < 1.29 is 37.7 Å². The van der Waals surface area contributed by atoms with Crippen LogP contribution in [0, 0.1) is 0 Å². The van der Waals surface area contributed by atoms with Gasteiger partial charge in [0, 0.05) is 12.0 Å². The van der Waals surface area contributed by atoms with Crippen LogP contribution in [0.4, 0.5) is 0 Å². The number of carbonyl (C=O) groups is 2. The molecule has 0 saturated carbocycles. The molecule has 8 nitrogen and oxygen atoms in total. The minimum absolute atomic E-state index is 0.0755. The molecule has 0 fully saturated rings. The highest BCUT2D eigenvalue weighted by Gasteiger charge is 2.44. The van der Waals surface area contributed by atoms with Gasteiger partial charge in [0.15, 0.2) is 25.6 Å². The molecule has 1 aliphatic rings. The molecule has 1 unspecified atom stereocenters. The Balaban J connectivity index is 2.35. The minimum atomic E-state index is -2.29. The van der Waals surface area contributed by atoms with Gasteiger partial charge in [-0.15, -0.1) is 0 Å². The van der Waals surface area contributed by atoms with Gasteiger partial charge in [0.05, 0.1) is 41.7 Å². The van der Waals surface area contributed by atoms with Crippen molar-refractivity contribution in [2.75, 3.05) is 35.5 Å². The first-order chi connectivity index (χ1) is 17.8. The summed E-state index contributed by atoms with van der Waals surface area (Å²) in [6.45, 7) is 10.8. The lowest BCUT2D eigenvalue weighted by molar-refractivity contribution is -0.114. The first kappa shape index (κ1) is 29.3. The van der Waals surface area contributed by atoms with Gasteiger partial charge in [-0.25, -0.2) is 4.79 Å². The number of ketones is 1. The average molecular weight is 543 g/mol. The monoisotopic (exact) mass is 542 g/mol. The molecule has 9 heteroatoms. The van der Waals surface area contributed by atoms with Crippen LogP contribution in [0.1, 0.15) is 48.7 Å². The summed E-state index contributed by atoms with van der Waals surface area (Å²) in [4.78, 5) is 26.3. The molecule has 2 aromatic rings. The van der Waals surface area contributed by atoms with E-state index in [1.807, 2.05) is 6.07 Å². The molecule has 3 rings (SSSR count). The van der Waals surface area contributed by atoms with Crippen molar-refractivity contribution in [1.82, 2.24) is 0 Å². The standard InChI is InChI=1S/C29H38O8Si/c1-29(2,3)38(9,10)37-22-16-20(30)25(18-14-23(33-5)27(35-7)24(15-18)34-6)26(22)17-11-12-21(32-4)19(13-17)28(31)36-8/h11-15,22H,16H2,1-10H3. The van der Waals surface area contributed by atoms with E-state index in [2.05, 4.69) is 33.9 Å². The summed E-state index contributed by atoms with van der Waals surface area (Å²) in [5, 5.41) is -0.0758. The number of allylic oxidation sites excluding steroid dienone is 1. The van der Waals surface area contributed by atoms with E-state index >= 15 is 0 Å². The van der Waals surface area contributed by atoms with Crippen LogP contribution in [0.15, 0.2) is 30.3 Å². The van der Waals surface area contributed by atoms with Crippen molar-refractivity contribution in [3.8, 4) is 23.0 Å². The number of rotatable bonds is 9. The van der Waals surface area contributed by atoms with Gasteiger partial charge < -0.3 is 28.1 Å². The predicted molar refractivity (Wildman–Crippen MR) is 149 cm³/mol. The fourth-order valence-electron chi connectivity index (χ4n) is 4.33. The highest BCUT2D eigenvalue weighted by molar-refractivity contribution is 6.74. The molecule has 206 valence electrons. The second kappa shape index (κ2) is 11.2. The molecular weight excluding hydrogens is 504 g/mol. The number of ether oxygens (including phenoxy) is 5. The van der Waals surface area contributed by atoms with E-state index in [-0.39, 0.29) is 22.8 Å². The molecule has 0 saturated heterocycles. The number of benzene rings is 2. The van der Waals surface area contributed by atoms with Crippen molar-refractivity contribution in [2.24, 2.45) is 0 Å². The third-order valence-corrected chi connectivity index (χ3v) is 11.8. The largest absolute Gasteiger partial charge is 0.496 e. The zero-order chi connectivity index (χ0) is 28.4. The molecule has 0 N–H and O–H groups in total. The van der Waals surface area contributed by atoms with E-state index in [1.165, 1.54) is 35.5 Å². The molecular formula is C29H38O8Si. The highest BCUT2D eigenvalue weighted by Crippen LogP contribution is 2.48. The fraction of sp³-hybridized carbons (Fsp3) is 0.448. The Labute approximate surface area is 226 Å².